The van der Waals surface area contributed by atoms with Crippen molar-refractivity contribution in [1.82, 2.24) is 9.80 Å². The molecule has 1 aliphatic carbocycles. The molecular weight excluding hydrogens is 298 g/mol. The van der Waals surface area contributed by atoms with Gasteiger partial charge in [-0.05, 0) is 62.5 Å². The third-order valence-electron chi connectivity index (χ3n) is 6.90. The lowest BCUT2D eigenvalue weighted by Gasteiger charge is -2.59. The van der Waals surface area contributed by atoms with Crippen LogP contribution >= 0.6 is 0 Å². The Morgan fingerprint density at radius 2 is 1.96 bits per heavy atom. The third kappa shape index (κ3) is 2.47. The second-order valence-electron chi connectivity index (χ2n) is 8.26. The maximum absolute atomic E-state index is 6.16. The summed E-state index contributed by atoms with van der Waals surface area (Å²) in [4.78, 5) is 5.33. The van der Waals surface area contributed by atoms with Crippen LogP contribution in [0.15, 0.2) is 18.2 Å². The first-order valence-electron chi connectivity index (χ1n) is 9.40. The summed E-state index contributed by atoms with van der Waals surface area (Å²) in [6, 6.07) is 8.31. The number of rotatable bonds is 2. The van der Waals surface area contributed by atoms with E-state index in [1.807, 2.05) is 0 Å². The Bertz CT molecular complexity index is 611. The SMILES string of the molecule is COc1ccc2c(c1)[C@]1(C)CCN(C)[C@H](C2)C1N1CCC(N)CC1. The number of piperidine rings is 2. The van der Waals surface area contributed by atoms with Crippen LogP contribution in [0.5, 0.6) is 5.75 Å². The number of likely N-dealkylation sites (tertiary alicyclic amines) is 2. The van der Waals surface area contributed by atoms with Crippen molar-refractivity contribution in [3.8, 4) is 5.75 Å². The summed E-state index contributed by atoms with van der Waals surface area (Å²) >= 11 is 0. The van der Waals surface area contributed by atoms with Crippen molar-refractivity contribution in [2.24, 2.45) is 5.73 Å². The molecule has 4 rings (SSSR count). The number of hydrogen-bond donors (Lipinski definition) is 1. The predicted molar refractivity (Wildman–Crippen MR) is 97.7 cm³/mol. The minimum atomic E-state index is 0.209. The lowest BCUT2D eigenvalue weighted by molar-refractivity contribution is -0.0191. The molecule has 0 radical (unpaired) electrons. The Morgan fingerprint density at radius 3 is 2.67 bits per heavy atom. The van der Waals surface area contributed by atoms with Crippen LogP contribution in [0, 0.1) is 0 Å². The van der Waals surface area contributed by atoms with Gasteiger partial charge in [0, 0.05) is 36.6 Å². The molecule has 0 amide bonds. The summed E-state index contributed by atoms with van der Waals surface area (Å²) in [6.07, 6.45) is 4.63. The van der Waals surface area contributed by atoms with Gasteiger partial charge in [0.2, 0.25) is 0 Å². The van der Waals surface area contributed by atoms with Crippen molar-refractivity contribution >= 4 is 0 Å². The van der Waals surface area contributed by atoms with Crippen LogP contribution in [-0.2, 0) is 11.8 Å². The number of fused-ring (bicyclic) bond motifs is 4. The van der Waals surface area contributed by atoms with E-state index in [0.29, 0.717) is 18.1 Å². The lowest BCUT2D eigenvalue weighted by atomic mass is 9.61. The number of likely N-dealkylation sites (N-methyl/N-ethyl adjacent to an activating group) is 1. The van der Waals surface area contributed by atoms with Crippen LogP contribution < -0.4 is 10.5 Å². The van der Waals surface area contributed by atoms with E-state index < -0.39 is 0 Å². The summed E-state index contributed by atoms with van der Waals surface area (Å²) in [5.41, 5.74) is 9.41. The maximum atomic E-state index is 6.16. The van der Waals surface area contributed by atoms with Crippen LogP contribution in [0.4, 0.5) is 0 Å². The van der Waals surface area contributed by atoms with E-state index >= 15 is 0 Å². The molecular formula is C20H31N3O. The minimum Gasteiger partial charge on any atom is -0.497 e. The smallest absolute Gasteiger partial charge is 0.119 e. The Hall–Kier alpha value is -1.10. The summed E-state index contributed by atoms with van der Waals surface area (Å²) in [7, 11) is 4.08. The summed E-state index contributed by atoms with van der Waals surface area (Å²) in [5, 5.41) is 0. The zero-order valence-electron chi connectivity index (χ0n) is 15.3. The molecule has 24 heavy (non-hydrogen) atoms. The van der Waals surface area contributed by atoms with Gasteiger partial charge in [0.05, 0.1) is 7.11 Å². The number of methoxy groups -OCH3 is 1. The number of ether oxygens (including phenoxy) is 1. The fourth-order valence-electron chi connectivity index (χ4n) is 5.41. The minimum absolute atomic E-state index is 0.209. The average molecular weight is 329 g/mol. The van der Waals surface area contributed by atoms with E-state index in [2.05, 4.69) is 42.0 Å². The van der Waals surface area contributed by atoms with E-state index in [1.54, 1.807) is 7.11 Å². The molecule has 2 bridgehead atoms. The predicted octanol–water partition coefficient (Wildman–Crippen LogP) is 2.00. The highest BCUT2D eigenvalue weighted by molar-refractivity contribution is 5.46. The summed E-state index contributed by atoms with van der Waals surface area (Å²) < 4.78 is 5.54. The van der Waals surface area contributed by atoms with Gasteiger partial charge in [-0.1, -0.05) is 13.0 Å². The van der Waals surface area contributed by atoms with Gasteiger partial charge in [-0.3, -0.25) is 4.90 Å². The normalized spacial score (nSPS) is 34.8. The van der Waals surface area contributed by atoms with Crippen LogP contribution in [0.2, 0.25) is 0 Å². The summed E-state index contributed by atoms with van der Waals surface area (Å²) in [5.74, 6) is 0.992. The molecule has 3 aliphatic rings. The van der Waals surface area contributed by atoms with E-state index in [4.69, 9.17) is 10.5 Å². The van der Waals surface area contributed by atoms with Crippen molar-refractivity contribution in [3.63, 3.8) is 0 Å². The maximum Gasteiger partial charge on any atom is 0.119 e. The molecule has 0 spiro atoms. The molecule has 1 aromatic rings. The van der Waals surface area contributed by atoms with Crippen LogP contribution in [0.3, 0.4) is 0 Å². The van der Waals surface area contributed by atoms with Crippen LogP contribution in [0.1, 0.15) is 37.3 Å². The second kappa shape index (κ2) is 6.01. The molecule has 0 aromatic heterocycles. The van der Waals surface area contributed by atoms with Crippen molar-refractivity contribution in [1.29, 1.82) is 0 Å². The van der Waals surface area contributed by atoms with E-state index in [9.17, 15) is 0 Å². The zero-order valence-corrected chi connectivity index (χ0v) is 15.3. The molecule has 2 aliphatic heterocycles. The molecule has 1 unspecified atom stereocenters. The molecule has 4 heteroatoms. The Kier molecular flexibility index (Phi) is 4.10. The molecule has 1 aromatic carbocycles. The number of hydrogen-bond acceptors (Lipinski definition) is 4. The molecule has 3 atom stereocenters. The number of benzene rings is 1. The van der Waals surface area contributed by atoms with Crippen molar-refractivity contribution in [3.05, 3.63) is 29.3 Å². The highest BCUT2D eigenvalue weighted by Gasteiger charge is 2.52. The number of nitrogens with two attached hydrogens (primary N) is 1. The number of nitrogens with zero attached hydrogens (tertiary/aromatic N) is 2. The van der Waals surface area contributed by atoms with Gasteiger partial charge >= 0.3 is 0 Å². The second-order valence-corrected chi connectivity index (χ2v) is 8.26. The van der Waals surface area contributed by atoms with Gasteiger partial charge in [0.1, 0.15) is 5.75 Å². The zero-order chi connectivity index (χ0) is 16.9. The Morgan fingerprint density at radius 1 is 1.21 bits per heavy atom. The van der Waals surface area contributed by atoms with Crippen molar-refractivity contribution in [2.75, 3.05) is 33.8 Å². The highest BCUT2D eigenvalue weighted by atomic mass is 16.5. The lowest BCUT2D eigenvalue weighted by Crippen LogP contribution is -2.68. The molecule has 2 fully saturated rings. The molecule has 2 saturated heterocycles. The fraction of sp³-hybridized carbons (Fsp3) is 0.700. The van der Waals surface area contributed by atoms with Crippen LogP contribution in [-0.4, -0.2) is 61.7 Å². The van der Waals surface area contributed by atoms with Gasteiger partial charge in [0.15, 0.2) is 0 Å². The quantitative estimate of drug-likeness (QED) is 0.901. The Labute approximate surface area is 145 Å². The molecule has 2 heterocycles. The van der Waals surface area contributed by atoms with Crippen molar-refractivity contribution in [2.45, 2.75) is 56.1 Å². The van der Waals surface area contributed by atoms with Gasteiger partial charge < -0.3 is 15.4 Å². The Balaban J connectivity index is 1.75. The fourth-order valence-corrected chi connectivity index (χ4v) is 5.41. The standard InChI is InChI=1S/C20H31N3O/c1-20-8-11-22(2)18(19(20)23-9-6-15(21)7-10-23)12-14-4-5-16(24-3)13-17(14)20/h4-5,13,15,18-19H,6-12,21H2,1-3H3/t18-,19?,20+/m1/s1. The van der Waals surface area contributed by atoms with Gasteiger partial charge in [-0.15, -0.1) is 0 Å². The van der Waals surface area contributed by atoms with Gasteiger partial charge in [-0.2, -0.15) is 0 Å². The van der Waals surface area contributed by atoms with Crippen molar-refractivity contribution < 1.29 is 4.74 Å². The first kappa shape index (κ1) is 16.4. The van der Waals surface area contributed by atoms with E-state index in [0.717, 1.165) is 38.1 Å². The molecule has 2 N–H and O–H groups in total. The molecule has 4 nitrogen and oxygen atoms in total. The van der Waals surface area contributed by atoms with Gasteiger partial charge in [0.25, 0.3) is 0 Å². The largest absolute Gasteiger partial charge is 0.497 e. The topological polar surface area (TPSA) is 41.7 Å². The average Bonchev–Trinajstić information content (AvgIpc) is 2.59. The first-order valence-corrected chi connectivity index (χ1v) is 9.40. The first-order chi connectivity index (χ1) is 11.5. The highest BCUT2D eigenvalue weighted by Crippen LogP contribution is 2.48. The van der Waals surface area contributed by atoms with E-state index in [-0.39, 0.29) is 5.41 Å². The molecule has 132 valence electrons. The summed E-state index contributed by atoms with van der Waals surface area (Å²) in [6.45, 7) is 5.96. The third-order valence-corrected chi connectivity index (χ3v) is 6.90. The monoisotopic (exact) mass is 329 g/mol. The van der Waals surface area contributed by atoms with E-state index in [1.165, 1.54) is 24.1 Å². The molecule has 0 saturated carbocycles. The van der Waals surface area contributed by atoms with Crippen LogP contribution in [0.25, 0.3) is 0 Å². The van der Waals surface area contributed by atoms with Gasteiger partial charge in [-0.25, -0.2) is 0 Å².